The van der Waals surface area contributed by atoms with Crippen molar-refractivity contribution in [3.8, 4) is 0 Å². The van der Waals surface area contributed by atoms with E-state index in [-0.39, 0.29) is 0 Å². The van der Waals surface area contributed by atoms with Crippen molar-refractivity contribution in [1.29, 1.82) is 0 Å². The average molecular weight is 287 g/mol. The summed E-state index contributed by atoms with van der Waals surface area (Å²) in [6, 6.07) is 10.1. The Kier molecular flexibility index (Phi) is 5.77. The normalized spacial score (nSPS) is 12.4. The van der Waals surface area contributed by atoms with E-state index in [0.717, 1.165) is 5.19 Å². The first-order valence-electron chi connectivity index (χ1n) is 5.96. The van der Waals surface area contributed by atoms with E-state index < -0.39 is 26.9 Å². The summed E-state index contributed by atoms with van der Waals surface area (Å²) in [6.07, 6.45) is 0. The lowest BCUT2D eigenvalue weighted by atomic mass is 10.4. The number of hydrogen-bond donors (Lipinski definition) is 0. The smallest absolute Gasteiger partial charge is 0.416 e. The van der Waals surface area contributed by atoms with E-state index >= 15 is 0 Å². The van der Waals surface area contributed by atoms with Gasteiger partial charge in [0.25, 0.3) is 0 Å². The fourth-order valence-corrected chi connectivity index (χ4v) is 10.0. The lowest BCUT2D eigenvalue weighted by Crippen LogP contribution is -2.59. The third-order valence-corrected chi connectivity index (χ3v) is 10.0. The molecule has 0 N–H and O–H groups in total. The molecule has 1 aromatic carbocycles. The first-order chi connectivity index (χ1) is 8.00. The summed E-state index contributed by atoms with van der Waals surface area (Å²) in [5, 5.41) is 1.07. The van der Waals surface area contributed by atoms with Crippen molar-refractivity contribution >= 4 is 32.1 Å². The van der Waals surface area contributed by atoms with Gasteiger partial charge in [-0.05, 0) is 26.2 Å². The molecule has 6 heteroatoms. The van der Waals surface area contributed by atoms with Crippen LogP contribution in [0.5, 0.6) is 0 Å². The third kappa shape index (κ3) is 4.16. The SMILES string of the molecule is CO[Si](O[SiH](C)C)(O[SiH](C)C)c1ccccc1. The van der Waals surface area contributed by atoms with Crippen molar-refractivity contribution in [2.75, 3.05) is 7.11 Å². The number of benzene rings is 1. The molecule has 0 bridgehead atoms. The van der Waals surface area contributed by atoms with Crippen molar-refractivity contribution < 1.29 is 12.7 Å². The lowest BCUT2D eigenvalue weighted by Gasteiger charge is -2.32. The Balaban J connectivity index is 3.06. The second-order valence-electron chi connectivity index (χ2n) is 4.46. The minimum absolute atomic E-state index is 1.07. The molecular weight excluding hydrogens is 264 g/mol. The quantitative estimate of drug-likeness (QED) is 0.742. The van der Waals surface area contributed by atoms with Crippen molar-refractivity contribution in [1.82, 2.24) is 0 Å². The van der Waals surface area contributed by atoms with Gasteiger partial charge in [-0.2, -0.15) is 0 Å². The second-order valence-corrected chi connectivity index (χ2v) is 12.6. The minimum Gasteiger partial charge on any atom is -0.416 e. The van der Waals surface area contributed by atoms with E-state index in [1.54, 1.807) is 7.11 Å². The third-order valence-electron chi connectivity index (χ3n) is 2.18. The highest BCUT2D eigenvalue weighted by Gasteiger charge is 2.43. The Labute approximate surface area is 109 Å². The molecule has 1 rings (SSSR count). The zero-order valence-corrected chi connectivity index (χ0v) is 14.6. The molecule has 0 heterocycles. The van der Waals surface area contributed by atoms with Crippen LogP contribution < -0.4 is 5.19 Å². The molecule has 17 heavy (non-hydrogen) atoms. The molecule has 96 valence electrons. The van der Waals surface area contributed by atoms with Crippen LogP contribution in [0.1, 0.15) is 0 Å². The van der Waals surface area contributed by atoms with E-state index in [0.29, 0.717) is 0 Å². The molecule has 0 aliphatic carbocycles. The van der Waals surface area contributed by atoms with E-state index in [9.17, 15) is 0 Å². The molecule has 0 aliphatic rings. The van der Waals surface area contributed by atoms with Crippen LogP contribution in [-0.4, -0.2) is 34.0 Å². The molecule has 0 spiro atoms. The molecule has 0 saturated heterocycles. The van der Waals surface area contributed by atoms with Crippen molar-refractivity contribution in [2.24, 2.45) is 0 Å². The van der Waals surface area contributed by atoms with Gasteiger partial charge in [0.1, 0.15) is 0 Å². The second kappa shape index (κ2) is 6.62. The summed E-state index contributed by atoms with van der Waals surface area (Å²) < 4.78 is 18.0. The maximum Gasteiger partial charge on any atom is 0.515 e. The first kappa shape index (κ1) is 14.8. The van der Waals surface area contributed by atoms with Gasteiger partial charge in [0.15, 0.2) is 18.1 Å². The predicted molar refractivity (Wildman–Crippen MR) is 78.8 cm³/mol. The van der Waals surface area contributed by atoms with Crippen LogP contribution in [0.15, 0.2) is 30.3 Å². The molecular formula is C11H22O3Si3. The van der Waals surface area contributed by atoms with E-state index in [2.05, 4.69) is 26.2 Å². The summed E-state index contributed by atoms with van der Waals surface area (Å²) in [5.74, 6) is 0. The van der Waals surface area contributed by atoms with Gasteiger partial charge in [-0.1, -0.05) is 30.3 Å². The zero-order valence-electron chi connectivity index (χ0n) is 11.3. The van der Waals surface area contributed by atoms with E-state index in [1.807, 2.05) is 30.3 Å². The predicted octanol–water partition coefficient (Wildman–Crippen LogP) is 1.48. The fourth-order valence-electron chi connectivity index (χ4n) is 1.64. The largest absolute Gasteiger partial charge is 0.515 e. The maximum atomic E-state index is 6.15. The number of hydrogen-bond acceptors (Lipinski definition) is 3. The Hall–Kier alpha value is -0.249. The highest BCUT2D eigenvalue weighted by molar-refractivity contribution is 6.85. The monoisotopic (exact) mass is 286 g/mol. The summed E-state index contributed by atoms with van der Waals surface area (Å²) >= 11 is 0. The molecule has 0 amide bonds. The van der Waals surface area contributed by atoms with Gasteiger partial charge in [-0.15, -0.1) is 0 Å². The number of rotatable bonds is 6. The van der Waals surface area contributed by atoms with E-state index in [4.69, 9.17) is 12.7 Å². The van der Waals surface area contributed by atoms with Crippen LogP contribution in [0.25, 0.3) is 0 Å². The summed E-state index contributed by atoms with van der Waals surface area (Å²) in [6.45, 7) is 8.59. The minimum atomic E-state index is -2.65. The summed E-state index contributed by atoms with van der Waals surface area (Å²) in [4.78, 5) is 0. The highest BCUT2D eigenvalue weighted by atomic mass is 28.5. The Morgan fingerprint density at radius 2 is 1.35 bits per heavy atom. The molecule has 3 nitrogen and oxygen atoms in total. The van der Waals surface area contributed by atoms with Gasteiger partial charge >= 0.3 is 8.80 Å². The first-order valence-corrected chi connectivity index (χ1v) is 13.2. The van der Waals surface area contributed by atoms with Crippen LogP contribution in [0, 0.1) is 0 Å². The van der Waals surface area contributed by atoms with Gasteiger partial charge in [-0.3, -0.25) is 0 Å². The molecule has 0 aromatic heterocycles. The Morgan fingerprint density at radius 1 is 0.882 bits per heavy atom. The van der Waals surface area contributed by atoms with Gasteiger partial charge in [0.05, 0.1) is 0 Å². The molecule has 0 atom stereocenters. The van der Waals surface area contributed by atoms with Crippen molar-refractivity contribution in [2.45, 2.75) is 26.2 Å². The van der Waals surface area contributed by atoms with Crippen LogP contribution >= 0.6 is 0 Å². The van der Waals surface area contributed by atoms with Gasteiger partial charge in [0.2, 0.25) is 0 Å². The Bertz CT molecular complexity index is 320. The lowest BCUT2D eigenvalue weighted by molar-refractivity contribution is 0.226. The van der Waals surface area contributed by atoms with Crippen LogP contribution in [0.2, 0.25) is 26.2 Å². The maximum absolute atomic E-state index is 6.15. The fraction of sp³-hybridized carbons (Fsp3) is 0.455. The topological polar surface area (TPSA) is 27.7 Å². The average Bonchev–Trinajstić information content (AvgIpc) is 2.28. The van der Waals surface area contributed by atoms with Crippen molar-refractivity contribution in [3.63, 3.8) is 0 Å². The van der Waals surface area contributed by atoms with Crippen molar-refractivity contribution in [3.05, 3.63) is 30.3 Å². The molecule has 0 radical (unpaired) electrons. The van der Waals surface area contributed by atoms with E-state index in [1.165, 1.54) is 0 Å². The zero-order chi connectivity index (χ0) is 12.9. The van der Waals surface area contributed by atoms with Crippen LogP contribution in [0.3, 0.4) is 0 Å². The molecule has 0 unspecified atom stereocenters. The molecule has 0 saturated carbocycles. The van der Waals surface area contributed by atoms with Gasteiger partial charge in [-0.25, -0.2) is 0 Å². The van der Waals surface area contributed by atoms with Gasteiger partial charge < -0.3 is 12.7 Å². The van der Waals surface area contributed by atoms with Crippen LogP contribution in [0.4, 0.5) is 0 Å². The Morgan fingerprint density at radius 3 is 1.71 bits per heavy atom. The van der Waals surface area contributed by atoms with Gasteiger partial charge in [0, 0.05) is 12.3 Å². The summed E-state index contributed by atoms with van der Waals surface area (Å²) in [7, 11) is -3.36. The molecule has 0 aliphatic heterocycles. The standard InChI is InChI=1S/C11H22O3Si3/c1-12-17(13-15(2)3,14-16(4)5)11-9-7-6-8-10-11/h6-10,15-16H,1-5H3. The summed E-state index contributed by atoms with van der Waals surface area (Å²) in [5.41, 5.74) is 0. The molecule has 1 aromatic rings. The highest BCUT2D eigenvalue weighted by Crippen LogP contribution is 2.12. The van der Waals surface area contributed by atoms with Crippen LogP contribution in [-0.2, 0) is 12.7 Å². The molecule has 0 fully saturated rings.